The van der Waals surface area contributed by atoms with E-state index in [1.54, 1.807) is 7.11 Å². The number of amidine groups is 1. The van der Waals surface area contributed by atoms with Crippen LogP contribution in [0, 0.1) is 5.82 Å². The lowest BCUT2D eigenvalue weighted by molar-refractivity contribution is 0.146. The van der Waals surface area contributed by atoms with E-state index in [9.17, 15) is 4.39 Å². The minimum Gasteiger partial charge on any atom is -0.490 e. The van der Waals surface area contributed by atoms with Crippen LogP contribution in [0.25, 0.3) is 0 Å². The van der Waals surface area contributed by atoms with Crippen LogP contribution in [0.4, 0.5) is 4.39 Å². The molecule has 1 aromatic rings. The zero-order chi connectivity index (χ0) is 12.0. The molecule has 0 unspecified atom stereocenters. The molecule has 0 saturated carbocycles. The van der Waals surface area contributed by atoms with Crippen molar-refractivity contribution >= 4 is 5.84 Å². The number of ether oxygens (including phenoxy) is 2. The van der Waals surface area contributed by atoms with E-state index >= 15 is 0 Å². The Balaban J connectivity index is 2.89. The van der Waals surface area contributed by atoms with Crippen molar-refractivity contribution in [1.29, 1.82) is 0 Å². The summed E-state index contributed by atoms with van der Waals surface area (Å²) in [5, 5.41) is 11.3. The van der Waals surface area contributed by atoms with Crippen LogP contribution in [0.1, 0.15) is 5.56 Å². The zero-order valence-electron chi connectivity index (χ0n) is 8.81. The Labute approximate surface area is 92.3 Å². The van der Waals surface area contributed by atoms with Crippen molar-refractivity contribution in [3.63, 3.8) is 0 Å². The van der Waals surface area contributed by atoms with Gasteiger partial charge in [0.05, 0.1) is 12.2 Å². The molecule has 1 aromatic carbocycles. The first kappa shape index (κ1) is 12.3. The molecule has 0 radical (unpaired) electrons. The van der Waals surface area contributed by atoms with Crippen molar-refractivity contribution in [2.24, 2.45) is 10.9 Å². The van der Waals surface area contributed by atoms with Crippen LogP contribution >= 0.6 is 0 Å². The summed E-state index contributed by atoms with van der Waals surface area (Å²) in [5.41, 5.74) is 5.60. The minimum atomic E-state index is -0.485. The lowest BCUT2D eigenvalue weighted by Crippen LogP contribution is -2.16. The average Bonchev–Trinajstić information content (AvgIpc) is 2.30. The predicted octanol–water partition coefficient (Wildman–Crippen LogP) is 0.945. The van der Waals surface area contributed by atoms with Crippen molar-refractivity contribution in [1.82, 2.24) is 0 Å². The van der Waals surface area contributed by atoms with E-state index in [1.807, 2.05) is 0 Å². The normalized spacial score (nSPS) is 11.5. The highest BCUT2D eigenvalue weighted by Crippen LogP contribution is 2.19. The predicted molar refractivity (Wildman–Crippen MR) is 56.3 cm³/mol. The van der Waals surface area contributed by atoms with Crippen molar-refractivity contribution in [2.75, 3.05) is 20.3 Å². The molecule has 5 nitrogen and oxygen atoms in total. The van der Waals surface area contributed by atoms with Gasteiger partial charge in [-0.3, -0.25) is 0 Å². The van der Waals surface area contributed by atoms with Gasteiger partial charge in [-0.25, -0.2) is 4.39 Å². The van der Waals surface area contributed by atoms with E-state index in [0.29, 0.717) is 19.0 Å². The third kappa shape index (κ3) is 3.09. The van der Waals surface area contributed by atoms with Gasteiger partial charge in [-0.1, -0.05) is 5.16 Å². The fourth-order valence-corrected chi connectivity index (χ4v) is 1.12. The first-order valence-electron chi connectivity index (χ1n) is 4.58. The SMILES string of the molecule is COCCOc1ccc(F)cc1C(N)=NO. The first-order valence-corrected chi connectivity index (χ1v) is 4.58. The van der Waals surface area contributed by atoms with Crippen molar-refractivity contribution < 1.29 is 19.1 Å². The van der Waals surface area contributed by atoms with E-state index in [4.69, 9.17) is 20.4 Å². The van der Waals surface area contributed by atoms with Crippen molar-refractivity contribution in [3.8, 4) is 5.75 Å². The lowest BCUT2D eigenvalue weighted by atomic mass is 10.2. The van der Waals surface area contributed by atoms with Gasteiger partial charge in [-0.05, 0) is 18.2 Å². The molecule has 0 aliphatic carbocycles. The average molecular weight is 228 g/mol. The first-order chi connectivity index (χ1) is 7.69. The topological polar surface area (TPSA) is 77.1 Å². The molecule has 3 N–H and O–H groups in total. The van der Waals surface area contributed by atoms with E-state index in [0.717, 1.165) is 6.07 Å². The maximum atomic E-state index is 13.0. The molecular formula is C10H13FN2O3. The third-order valence-corrected chi connectivity index (χ3v) is 1.87. The fraction of sp³-hybridized carbons (Fsp3) is 0.300. The van der Waals surface area contributed by atoms with Crippen LogP contribution in [0.5, 0.6) is 5.75 Å². The van der Waals surface area contributed by atoms with E-state index in [1.165, 1.54) is 12.1 Å². The standard InChI is InChI=1S/C10H13FN2O3/c1-15-4-5-16-9-3-2-7(11)6-8(9)10(12)13-14/h2-3,6,14H,4-5H2,1H3,(H2,12,13). The zero-order valence-corrected chi connectivity index (χ0v) is 8.81. The molecule has 0 heterocycles. The van der Waals surface area contributed by atoms with Gasteiger partial charge in [-0.2, -0.15) is 0 Å². The molecule has 0 bridgehead atoms. The van der Waals surface area contributed by atoms with Gasteiger partial charge >= 0.3 is 0 Å². The number of benzene rings is 1. The maximum absolute atomic E-state index is 13.0. The molecule has 0 spiro atoms. The molecule has 1 rings (SSSR count). The summed E-state index contributed by atoms with van der Waals surface area (Å²) in [4.78, 5) is 0. The Morgan fingerprint density at radius 2 is 2.25 bits per heavy atom. The molecule has 0 aliphatic rings. The van der Waals surface area contributed by atoms with Crippen LogP contribution in [0.2, 0.25) is 0 Å². The summed E-state index contributed by atoms with van der Waals surface area (Å²) < 4.78 is 23.1. The summed E-state index contributed by atoms with van der Waals surface area (Å²) in [6, 6.07) is 3.78. The van der Waals surface area contributed by atoms with E-state index in [-0.39, 0.29) is 11.4 Å². The second-order valence-electron chi connectivity index (χ2n) is 2.97. The van der Waals surface area contributed by atoms with Crippen LogP contribution in [0.15, 0.2) is 23.4 Å². The lowest BCUT2D eigenvalue weighted by Gasteiger charge is -2.10. The number of hydrogen-bond donors (Lipinski definition) is 2. The summed E-state index contributed by atoms with van der Waals surface area (Å²) in [6.07, 6.45) is 0. The Morgan fingerprint density at radius 1 is 1.50 bits per heavy atom. The summed E-state index contributed by atoms with van der Waals surface area (Å²) in [6.45, 7) is 0.695. The highest BCUT2D eigenvalue weighted by atomic mass is 19.1. The van der Waals surface area contributed by atoms with E-state index < -0.39 is 5.82 Å². The number of nitrogens with two attached hydrogens (primary N) is 1. The molecular weight excluding hydrogens is 215 g/mol. The summed E-state index contributed by atoms with van der Waals surface area (Å²) >= 11 is 0. The van der Waals surface area contributed by atoms with Crippen molar-refractivity contribution in [3.05, 3.63) is 29.6 Å². The molecule has 0 aromatic heterocycles. The fourth-order valence-electron chi connectivity index (χ4n) is 1.12. The van der Waals surface area contributed by atoms with E-state index in [2.05, 4.69) is 5.16 Å². The molecule has 16 heavy (non-hydrogen) atoms. The van der Waals surface area contributed by atoms with Gasteiger partial charge in [0.25, 0.3) is 0 Å². The smallest absolute Gasteiger partial charge is 0.173 e. The van der Waals surface area contributed by atoms with Gasteiger partial charge in [0.1, 0.15) is 18.2 Å². The second-order valence-corrected chi connectivity index (χ2v) is 2.97. The number of rotatable bonds is 5. The minimum absolute atomic E-state index is 0.202. The van der Waals surface area contributed by atoms with Gasteiger partial charge in [0.15, 0.2) is 5.84 Å². The largest absolute Gasteiger partial charge is 0.490 e. The number of hydrogen-bond acceptors (Lipinski definition) is 4. The Bertz CT molecular complexity index is 382. The second kappa shape index (κ2) is 5.92. The quantitative estimate of drug-likeness (QED) is 0.258. The van der Waals surface area contributed by atoms with Gasteiger partial charge in [0.2, 0.25) is 0 Å². The highest BCUT2D eigenvalue weighted by molar-refractivity contribution is 5.99. The van der Waals surface area contributed by atoms with Crippen LogP contribution in [-0.4, -0.2) is 31.4 Å². The summed E-state index contributed by atoms with van der Waals surface area (Å²) in [7, 11) is 1.54. The molecule has 0 fully saturated rings. The molecule has 0 saturated heterocycles. The number of oxime groups is 1. The van der Waals surface area contributed by atoms with Gasteiger partial charge < -0.3 is 20.4 Å². The van der Waals surface area contributed by atoms with Crippen molar-refractivity contribution in [2.45, 2.75) is 0 Å². The third-order valence-electron chi connectivity index (χ3n) is 1.87. The number of nitrogens with zero attached hydrogens (tertiary/aromatic N) is 1. The maximum Gasteiger partial charge on any atom is 0.173 e. The van der Waals surface area contributed by atoms with Crippen LogP contribution in [0.3, 0.4) is 0 Å². The number of halogens is 1. The Hall–Kier alpha value is -1.82. The molecule has 6 heteroatoms. The van der Waals surface area contributed by atoms with Crippen LogP contribution in [-0.2, 0) is 4.74 Å². The summed E-state index contributed by atoms with van der Waals surface area (Å²) in [5.74, 6) is -0.346. The Kier molecular flexibility index (Phi) is 4.53. The molecule has 88 valence electrons. The Morgan fingerprint density at radius 3 is 2.88 bits per heavy atom. The number of methoxy groups -OCH3 is 1. The monoisotopic (exact) mass is 228 g/mol. The molecule has 0 amide bonds. The molecule has 0 atom stereocenters. The van der Waals surface area contributed by atoms with Crippen LogP contribution < -0.4 is 10.5 Å². The van der Waals surface area contributed by atoms with Gasteiger partial charge in [0, 0.05) is 7.11 Å². The highest BCUT2D eigenvalue weighted by Gasteiger charge is 2.09. The van der Waals surface area contributed by atoms with Gasteiger partial charge in [-0.15, -0.1) is 0 Å². The molecule has 0 aliphatic heterocycles.